The zero-order valence-electron chi connectivity index (χ0n) is 5.70. The van der Waals surface area contributed by atoms with Crippen LogP contribution < -0.4 is 5.46 Å². The van der Waals surface area contributed by atoms with Crippen LogP contribution >= 0.6 is 11.6 Å². The predicted molar refractivity (Wildman–Crippen MR) is 40.1 cm³/mol. The summed E-state index contributed by atoms with van der Waals surface area (Å²) in [5, 5.41) is -0.0451. The van der Waals surface area contributed by atoms with Crippen LogP contribution in [0.1, 0.15) is 0 Å². The number of halogens is 5. The quantitative estimate of drug-likeness (QED) is 0.479. The molecule has 0 amide bonds. The Labute approximate surface area is 71.2 Å². The van der Waals surface area contributed by atoms with Crippen LogP contribution in [0.2, 0.25) is 5.02 Å². The minimum Gasteiger partial charge on any atom is -0.445 e. The van der Waals surface area contributed by atoms with E-state index in [4.69, 9.17) is 11.6 Å². The largest absolute Gasteiger partial charge is 0.512 e. The first kappa shape index (κ1) is 9.38. The van der Waals surface area contributed by atoms with Crippen molar-refractivity contribution in [3.63, 3.8) is 0 Å². The average molecular weight is 197 g/mol. The molecule has 0 atom stereocenters. The zero-order valence-corrected chi connectivity index (χ0v) is 6.46. The molecule has 1 aromatic rings. The van der Waals surface area contributed by atoms with E-state index in [1.165, 1.54) is 0 Å². The highest BCUT2D eigenvalue weighted by Crippen LogP contribution is 2.14. The van der Waals surface area contributed by atoms with E-state index < -0.39 is 18.3 Å². The molecule has 0 aromatic heterocycles. The van der Waals surface area contributed by atoms with E-state index in [1.54, 1.807) is 0 Å². The third-order valence-corrected chi connectivity index (χ3v) is 1.55. The van der Waals surface area contributed by atoms with E-state index in [1.807, 2.05) is 0 Å². The van der Waals surface area contributed by atoms with E-state index in [0.717, 1.165) is 6.07 Å². The van der Waals surface area contributed by atoms with Gasteiger partial charge in [0, 0.05) is 5.02 Å². The first-order chi connectivity index (χ1) is 5.41. The second kappa shape index (κ2) is 2.97. The van der Waals surface area contributed by atoms with Crippen molar-refractivity contribution in [1.29, 1.82) is 0 Å². The summed E-state index contributed by atoms with van der Waals surface area (Å²) in [4.78, 5) is 0. The van der Waals surface area contributed by atoms with Gasteiger partial charge >= 0.3 is 6.98 Å². The van der Waals surface area contributed by atoms with Crippen LogP contribution in [0.3, 0.4) is 0 Å². The lowest BCUT2D eigenvalue weighted by molar-refractivity contribution is 0.494. The van der Waals surface area contributed by atoms with Crippen molar-refractivity contribution in [2.45, 2.75) is 0 Å². The van der Waals surface area contributed by atoms with Gasteiger partial charge in [0.15, 0.2) is 0 Å². The van der Waals surface area contributed by atoms with Crippen molar-refractivity contribution in [3.05, 3.63) is 29.0 Å². The molecule has 0 aliphatic carbocycles. The second-order valence-electron chi connectivity index (χ2n) is 2.24. The highest BCUT2D eigenvalue weighted by molar-refractivity contribution is 6.73. The molecule has 1 aromatic carbocycles. The molecule has 66 valence electrons. The lowest BCUT2D eigenvalue weighted by Gasteiger charge is -2.15. The van der Waals surface area contributed by atoms with Crippen molar-refractivity contribution >= 4 is 24.0 Å². The third kappa shape index (κ3) is 1.91. The van der Waals surface area contributed by atoms with Gasteiger partial charge in [-0.25, -0.2) is 4.39 Å². The smallest absolute Gasteiger partial charge is 0.445 e. The van der Waals surface area contributed by atoms with Gasteiger partial charge in [-0.3, -0.25) is 0 Å². The molecule has 0 N–H and O–H groups in total. The summed E-state index contributed by atoms with van der Waals surface area (Å²) < 4.78 is 48.4. The Morgan fingerprint density at radius 3 is 2.17 bits per heavy atom. The van der Waals surface area contributed by atoms with Crippen LogP contribution in [0, 0.1) is 5.82 Å². The monoisotopic (exact) mass is 197 g/mol. The maximum Gasteiger partial charge on any atom is 0.512 e. The molecule has 0 aliphatic heterocycles. The number of hydrogen-bond donors (Lipinski definition) is 0. The normalized spacial score (nSPS) is 11.8. The van der Waals surface area contributed by atoms with Gasteiger partial charge in [0.2, 0.25) is 0 Å². The van der Waals surface area contributed by atoms with E-state index >= 15 is 0 Å². The van der Waals surface area contributed by atoms with Gasteiger partial charge in [-0.05, 0) is 12.1 Å². The minimum atomic E-state index is -5.28. The molecule has 6 heteroatoms. The van der Waals surface area contributed by atoms with Crippen LogP contribution in [-0.2, 0) is 0 Å². The van der Waals surface area contributed by atoms with Gasteiger partial charge < -0.3 is 12.9 Å². The summed E-state index contributed by atoms with van der Waals surface area (Å²) in [6.45, 7) is -5.28. The van der Waals surface area contributed by atoms with E-state index in [-0.39, 0.29) is 5.02 Å². The lowest BCUT2D eigenvalue weighted by Crippen LogP contribution is -2.36. The highest BCUT2D eigenvalue weighted by atomic mass is 35.5. The Hall–Kier alpha value is -0.705. The molecule has 0 heterocycles. The summed E-state index contributed by atoms with van der Waals surface area (Å²) in [5.41, 5.74) is -1.24. The van der Waals surface area contributed by atoms with Gasteiger partial charge in [-0.1, -0.05) is 23.1 Å². The van der Waals surface area contributed by atoms with Crippen molar-refractivity contribution in [2.24, 2.45) is 0 Å². The molecule has 0 saturated heterocycles. The SMILES string of the molecule is Fc1cc(Cl)ccc1[B-](F)(F)F. The summed E-state index contributed by atoms with van der Waals surface area (Å²) in [6, 6.07) is 2.29. The van der Waals surface area contributed by atoms with Crippen LogP contribution in [0.25, 0.3) is 0 Å². The molecule has 0 radical (unpaired) electrons. The van der Waals surface area contributed by atoms with Crippen molar-refractivity contribution in [3.8, 4) is 0 Å². The van der Waals surface area contributed by atoms with Crippen LogP contribution in [-0.4, -0.2) is 6.98 Å². The van der Waals surface area contributed by atoms with Gasteiger partial charge in [-0.2, -0.15) is 0 Å². The molecule has 12 heavy (non-hydrogen) atoms. The Balaban J connectivity index is 3.19. The Morgan fingerprint density at radius 2 is 1.75 bits per heavy atom. The molecule has 0 nitrogen and oxygen atoms in total. The van der Waals surface area contributed by atoms with Crippen LogP contribution in [0.4, 0.5) is 17.3 Å². The molecule has 0 unspecified atom stereocenters. The highest BCUT2D eigenvalue weighted by Gasteiger charge is 2.28. The Bertz CT molecular complexity index is 296. The second-order valence-corrected chi connectivity index (χ2v) is 2.68. The molecule has 0 spiro atoms. The summed E-state index contributed by atoms with van der Waals surface area (Å²) in [7, 11) is 0. The molecule has 0 saturated carbocycles. The van der Waals surface area contributed by atoms with Crippen molar-refractivity contribution in [1.82, 2.24) is 0 Å². The number of rotatable bonds is 1. The topological polar surface area (TPSA) is 0 Å². The molecular weight excluding hydrogens is 194 g/mol. The van der Waals surface area contributed by atoms with Gasteiger partial charge in [0.05, 0.1) is 5.82 Å². The van der Waals surface area contributed by atoms with Gasteiger partial charge in [0.25, 0.3) is 0 Å². The Kier molecular flexibility index (Phi) is 2.33. The van der Waals surface area contributed by atoms with Gasteiger partial charge in [-0.15, -0.1) is 0 Å². The lowest BCUT2D eigenvalue weighted by atomic mass is 9.80. The first-order valence-electron chi connectivity index (χ1n) is 3.06. The maximum atomic E-state index is 12.6. The molecule has 1 rings (SSSR count). The van der Waals surface area contributed by atoms with Crippen LogP contribution in [0.5, 0.6) is 0 Å². The minimum absolute atomic E-state index is 0.0451. The number of hydrogen-bond acceptors (Lipinski definition) is 0. The fourth-order valence-electron chi connectivity index (χ4n) is 0.767. The fourth-order valence-corrected chi connectivity index (χ4v) is 0.926. The van der Waals surface area contributed by atoms with Crippen LogP contribution in [0.15, 0.2) is 18.2 Å². The summed E-state index contributed by atoms with van der Waals surface area (Å²) >= 11 is 5.27. The number of benzene rings is 1. The fraction of sp³-hybridized carbons (Fsp3) is 0. The summed E-state index contributed by atoms with van der Waals surface area (Å²) in [6.07, 6.45) is 0. The molecular formula is C6H3BClF4-. The van der Waals surface area contributed by atoms with Gasteiger partial charge in [0.1, 0.15) is 0 Å². The standard InChI is InChI=1S/C6H3BClF4/c8-4-1-2-5(6(9)3-4)7(10,11)12/h1-3H/q-1. The summed E-state index contributed by atoms with van der Waals surface area (Å²) in [5.74, 6) is -1.32. The van der Waals surface area contributed by atoms with E-state index in [0.29, 0.717) is 12.1 Å². The van der Waals surface area contributed by atoms with Crippen molar-refractivity contribution in [2.75, 3.05) is 0 Å². The predicted octanol–water partition coefficient (Wildman–Crippen LogP) is 2.53. The maximum absolute atomic E-state index is 12.6. The molecule has 0 fully saturated rings. The molecule has 0 bridgehead atoms. The first-order valence-corrected chi connectivity index (χ1v) is 3.44. The van der Waals surface area contributed by atoms with E-state index in [9.17, 15) is 17.3 Å². The molecule has 0 aliphatic rings. The average Bonchev–Trinajstić information content (AvgIpc) is 1.83. The van der Waals surface area contributed by atoms with Crippen molar-refractivity contribution < 1.29 is 17.3 Å². The van der Waals surface area contributed by atoms with E-state index in [2.05, 4.69) is 0 Å². The zero-order chi connectivity index (χ0) is 9.35. The Morgan fingerprint density at radius 1 is 1.17 bits per heavy atom. The third-order valence-electron chi connectivity index (χ3n) is 1.32.